The van der Waals surface area contributed by atoms with Crippen LogP contribution in [-0.4, -0.2) is 46.7 Å². The van der Waals surface area contributed by atoms with Crippen LogP contribution in [-0.2, 0) is 13.6 Å². The van der Waals surface area contributed by atoms with Gasteiger partial charge in [-0.2, -0.15) is 0 Å². The van der Waals surface area contributed by atoms with Gasteiger partial charge in [0, 0.05) is 45.2 Å². The molecule has 0 amide bonds. The highest BCUT2D eigenvalue weighted by Crippen LogP contribution is 2.24. The second-order valence-corrected chi connectivity index (χ2v) is 5.27. The Morgan fingerprint density at radius 2 is 2.10 bits per heavy atom. The molecule has 5 nitrogen and oxygen atoms in total. The van der Waals surface area contributed by atoms with E-state index in [1.54, 1.807) is 10.6 Å². The van der Waals surface area contributed by atoms with Gasteiger partial charge in [-0.15, -0.1) is 0 Å². The average molecular weight is 273 g/mol. The van der Waals surface area contributed by atoms with Gasteiger partial charge in [-0.3, -0.25) is 4.90 Å². The standard InChI is InChI=1S/C15H19N3O2/c1-17-13(15(19)20)9-11-3-2-4-12(14(11)17)10-18-7-5-16-6-8-18/h2-4,9,16H,5-8,10H2,1H3,(H,19,20). The lowest BCUT2D eigenvalue weighted by Crippen LogP contribution is -2.42. The molecule has 0 aliphatic carbocycles. The molecule has 3 rings (SSSR count). The number of benzene rings is 1. The molecule has 1 aromatic carbocycles. The number of carbonyl (C=O) groups is 1. The molecule has 2 heterocycles. The van der Waals surface area contributed by atoms with Gasteiger partial charge >= 0.3 is 5.97 Å². The Labute approximate surface area is 117 Å². The van der Waals surface area contributed by atoms with Crippen LogP contribution in [0.1, 0.15) is 16.1 Å². The molecular formula is C15H19N3O2. The third-order valence-corrected chi connectivity index (χ3v) is 3.96. The highest BCUT2D eigenvalue weighted by Gasteiger charge is 2.16. The van der Waals surface area contributed by atoms with Crippen LogP contribution in [0.4, 0.5) is 0 Å². The van der Waals surface area contributed by atoms with Crippen molar-refractivity contribution < 1.29 is 9.90 Å². The predicted octanol–water partition coefficient (Wildman–Crippen LogP) is 1.28. The number of para-hydroxylation sites is 1. The first-order chi connectivity index (χ1) is 9.66. The Hall–Kier alpha value is -1.85. The first-order valence-electron chi connectivity index (χ1n) is 6.90. The second-order valence-electron chi connectivity index (χ2n) is 5.27. The number of aromatic carboxylic acids is 1. The molecule has 0 bridgehead atoms. The molecule has 1 aliphatic rings. The molecule has 1 aromatic heterocycles. The highest BCUT2D eigenvalue weighted by molar-refractivity contribution is 5.95. The van der Waals surface area contributed by atoms with E-state index < -0.39 is 5.97 Å². The smallest absolute Gasteiger partial charge is 0.352 e. The zero-order valence-electron chi connectivity index (χ0n) is 11.6. The van der Waals surface area contributed by atoms with E-state index in [4.69, 9.17) is 0 Å². The third-order valence-electron chi connectivity index (χ3n) is 3.96. The van der Waals surface area contributed by atoms with Crippen LogP contribution in [0.5, 0.6) is 0 Å². The van der Waals surface area contributed by atoms with Crippen molar-refractivity contribution in [3.63, 3.8) is 0 Å². The van der Waals surface area contributed by atoms with Crippen LogP contribution in [0.3, 0.4) is 0 Å². The van der Waals surface area contributed by atoms with E-state index >= 15 is 0 Å². The summed E-state index contributed by atoms with van der Waals surface area (Å²) in [6, 6.07) is 7.82. The summed E-state index contributed by atoms with van der Waals surface area (Å²) in [7, 11) is 1.83. The normalized spacial score (nSPS) is 16.6. The number of piperazine rings is 1. The number of carboxylic acid groups (broad SMARTS) is 1. The number of nitrogens with one attached hydrogen (secondary N) is 1. The van der Waals surface area contributed by atoms with Crippen molar-refractivity contribution in [1.82, 2.24) is 14.8 Å². The number of carboxylic acids is 1. The molecule has 5 heteroatoms. The first-order valence-corrected chi connectivity index (χ1v) is 6.90. The molecule has 106 valence electrons. The van der Waals surface area contributed by atoms with Gasteiger partial charge in [0.25, 0.3) is 0 Å². The molecule has 1 aliphatic heterocycles. The van der Waals surface area contributed by atoms with Crippen LogP contribution in [0, 0.1) is 0 Å². The summed E-state index contributed by atoms with van der Waals surface area (Å²) in [6.07, 6.45) is 0. The topological polar surface area (TPSA) is 57.5 Å². The van der Waals surface area contributed by atoms with Gasteiger partial charge in [0.1, 0.15) is 5.69 Å². The fraction of sp³-hybridized carbons (Fsp3) is 0.400. The zero-order chi connectivity index (χ0) is 14.1. The van der Waals surface area contributed by atoms with Crippen molar-refractivity contribution in [2.24, 2.45) is 7.05 Å². The fourth-order valence-corrected chi connectivity index (χ4v) is 2.94. The number of rotatable bonds is 3. The summed E-state index contributed by atoms with van der Waals surface area (Å²) in [6.45, 7) is 4.97. The largest absolute Gasteiger partial charge is 0.477 e. The summed E-state index contributed by atoms with van der Waals surface area (Å²) < 4.78 is 1.79. The summed E-state index contributed by atoms with van der Waals surface area (Å²) in [5.74, 6) is -0.878. The lowest BCUT2D eigenvalue weighted by molar-refractivity contribution is 0.0687. The van der Waals surface area contributed by atoms with Gasteiger partial charge in [-0.1, -0.05) is 18.2 Å². The fourth-order valence-electron chi connectivity index (χ4n) is 2.94. The van der Waals surface area contributed by atoms with E-state index in [0.717, 1.165) is 43.6 Å². The van der Waals surface area contributed by atoms with Crippen LogP contribution >= 0.6 is 0 Å². The van der Waals surface area contributed by atoms with Crippen LogP contribution in [0.15, 0.2) is 24.3 Å². The van der Waals surface area contributed by atoms with Crippen molar-refractivity contribution in [3.05, 3.63) is 35.5 Å². The minimum absolute atomic E-state index is 0.341. The number of aromatic nitrogens is 1. The Morgan fingerprint density at radius 1 is 1.35 bits per heavy atom. The van der Waals surface area contributed by atoms with Crippen LogP contribution < -0.4 is 5.32 Å². The van der Waals surface area contributed by atoms with Crippen molar-refractivity contribution in [1.29, 1.82) is 0 Å². The van der Waals surface area contributed by atoms with E-state index in [2.05, 4.69) is 16.3 Å². The molecule has 0 atom stereocenters. The van der Waals surface area contributed by atoms with Gasteiger partial charge < -0.3 is 15.0 Å². The summed E-state index contributed by atoms with van der Waals surface area (Å²) in [4.78, 5) is 13.7. The maximum atomic E-state index is 11.3. The van der Waals surface area contributed by atoms with Gasteiger partial charge in [0.05, 0.1) is 5.52 Å². The molecule has 1 fully saturated rings. The minimum Gasteiger partial charge on any atom is -0.477 e. The monoisotopic (exact) mass is 273 g/mol. The number of hydrogen-bond donors (Lipinski definition) is 2. The van der Waals surface area contributed by atoms with Gasteiger partial charge in [0.15, 0.2) is 0 Å². The molecule has 20 heavy (non-hydrogen) atoms. The lowest BCUT2D eigenvalue weighted by atomic mass is 10.1. The molecule has 2 aromatic rings. The lowest BCUT2D eigenvalue weighted by Gasteiger charge is -2.27. The van der Waals surface area contributed by atoms with Crippen LogP contribution in [0.25, 0.3) is 10.9 Å². The van der Waals surface area contributed by atoms with E-state index in [1.807, 2.05) is 19.2 Å². The van der Waals surface area contributed by atoms with Crippen molar-refractivity contribution >= 4 is 16.9 Å². The van der Waals surface area contributed by atoms with E-state index in [9.17, 15) is 9.90 Å². The summed E-state index contributed by atoms with van der Waals surface area (Å²) in [5, 5.41) is 13.6. The van der Waals surface area contributed by atoms with E-state index in [0.29, 0.717) is 5.69 Å². The molecule has 0 unspecified atom stereocenters. The van der Waals surface area contributed by atoms with Gasteiger partial charge in [-0.05, 0) is 11.6 Å². The van der Waals surface area contributed by atoms with Gasteiger partial charge in [-0.25, -0.2) is 4.79 Å². The van der Waals surface area contributed by atoms with Crippen LogP contribution in [0.2, 0.25) is 0 Å². The van der Waals surface area contributed by atoms with E-state index in [-0.39, 0.29) is 0 Å². The Balaban J connectivity index is 1.99. The maximum Gasteiger partial charge on any atom is 0.352 e. The summed E-state index contributed by atoms with van der Waals surface area (Å²) in [5.41, 5.74) is 2.57. The average Bonchev–Trinajstić information content (AvgIpc) is 2.79. The number of fused-ring (bicyclic) bond motifs is 1. The number of nitrogens with zero attached hydrogens (tertiary/aromatic N) is 2. The Bertz CT molecular complexity index is 642. The Kier molecular flexibility index (Phi) is 3.46. The number of hydrogen-bond acceptors (Lipinski definition) is 3. The predicted molar refractivity (Wildman–Crippen MR) is 78.0 cm³/mol. The van der Waals surface area contributed by atoms with Crippen molar-refractivity contribution in [3.8, 4) is 0 Å². The second kappa shape index (κ2) is 5.26. The molecule has 1 saturated heterocycles. The zero-order valence-corrected chi connectivity index (χ0v) is 11.6. The quantitative estimate of drug-likeness (QED) is 0.884. The third kappa shape index (κ3) is 2.30. The molecular weight excluding hydrogens is 254 g/mol. The molecule has 0 radical (unpaired) electrons. The summed E-state index contributed by atoms with van der Waals surface area (Å²) >= 11 is 0. The van der Waals surface area contributed by atoms with Gasteiger partial charge in [0.2, 0.25) is 0 Å². The van der Waals surface area contributed by atoms with E-state index in [1.165, 1.54) is 5.56 Å². The van der Waals surface area contributed by atoms with Crippen molar-refractivity contribution in [2.45, 2.75) is 6.54 Å². The molecule has 0 saturated carbocycles. The first kappa shape index (κ1) is 13.1. The molecule has 2 N–H and O–H groups in total. The Morgan fingerprint density at radius 3 is 2.80 bits per heavy atom. The maximum absolute atomic E-state index is 11.3. The van der Waals surface area contributed by atoms with Crippen molar-refractivity contribution in [2.75, 3.05) is 26.2 Å². The number of aryl methyl sites for hydroxylation is 1. The highest BCUT2D eigenvalue weighted by atomic mass is 16.4. The SMILES string of the molecule is Cn1c(C(=O)O)cc2cccc(CN3CCNCC3)c21. The molecule has 0 spiro atoms. The minimum atomic E-state index is -0.878.